The number of hydrogen-bond donors (Lipinski definition) is 1. The summed E-state index contributed by atoms with van der Waals surface area (Å²) in [7, 11) is 1.90. The molecule has 0 saturated carbocycles. The van der Waals surface area contributed by atoms with E-state index in [2.05, 4.69) is 26.3 Å². The zero-order chi connectivity index (χ0) is 13.1. The minimum absolute atomic E-state index is 0.228. The van der Waals surface area contributed by atoms with Crippen LogP contribution in [0.3, 0.4) is 0 Å². The van der Waals surface area contributed by atoms with E-state index in [4.69, 9.17) is 0 Å². The summed E-state index contributed by atoms with van der Waals surface area (Å²) in [5.41, 5.74) is 3.14. The highest BCUT2D eigenvalue weighted by atomic mass is 79.9. The Morgan fingerprint density at radius 1 is 1.39 bits per heavy atom. The molecular weight excluding hydrogens is 297 g/mol. The fourth-order valence-corrected chi connectivity index (χ4v) is 2.21. The Hall–Kier alpha value is -1.20. The van der Waals surface area contributed by atoms with Gasteiger partial charge in [0.05, 0.1) is 12.7 Å². The Morgan fingerprint density at radius 2 is 2.17 bits per heavy atom. The number of nitrogens with one attached hydrogen (secondary N) is 1. The third-order valence-corrected chi connectivity index (χ3v) is 3.67. The van der Waals surface area contributed by atoms with Crippen LogP contribution < -0.4 is 5.32 Å². The quantitative estimate of drug-likeness (QED) is 0.941. The van der Waals surface area contributed by atoms with E-state index >= 15 is 0 Å². The first-order valence-electron chi connectivity index (χ1n) is 5.71. The molecule has 0 saturated heterocycles. The van der Waals surface area contributed by atoms with Gasteiger partial charge in [-0.3, -0.25) is 4.68 Å². The van der Waals surface area contributed by atoms with Gasteiger partial charge in [-0.05, 0) is 37.7 Å². The predicted octanol–water partition coefficient (Wildman–Crippen LogP) is 2.86. The van der Waals surface area contributed by atoms with E-state index in [-0.39, 0.29) is 5.82 Å². The van der Waals surface area contributed by atoms with E-state index in [1.165, 1.54) is 12.1 Å². The van der Waals surface area contributed by atoms with Crippen molar-refractivity contribution < 1.29 is 4.39 Å². The molecule has 96 valence electrons. The lowest BCUT2D eigenvalue weighted by Gasteiger charge is -2.08. The molecule has 1 heterocycles. The molecule has 0 atom stereocenters. The minimum atomic E-state index is -0.228. The zero-order valence-corrected chi connectivity index (χ0v) is 12.0. The van der Waals surface area contributed by atoms with Gasteiger partial charge in [0.15, 0.2) is 0 Å². The van der Waals surface area contributed by atoms with Crippen LogP contribution in [0.2, 0.25) is 0 Å². The third-order valence-electron chi connectivity index (χ3n) is 2.90. The standard InChI is InChI=1S/C13H15BrFN3/c1-9-11(6-16-2)7-17-18(9)8-10-5-12(15)3-4-13(10)14/h3-5,7,16H,6,8H2,1-2H3. The smallest absolute Gasteiger partial charge is 0.123 e. The molecule has 0 amide bonds. The third kappa shape index (κ3) is 2.79. The van der Waals surface area contributed by atoms with Gasteiger partial charge in [-0.15, -0.1) is 0 Å². The van der Waals surface area contributed by atoms with E-state index in [0.29, 0.717) is 6.54 Å². The van der Waals surface area contributed by atoms with E-state index in [9.17, 15) is 4.39 Å². The van der Waals surface area contributed by atoms with Gasteiger partial charge in [-0.25, -0.2) is 4.39 Å². The molecule has 3 nitrogen and oxygen atoms in total. The van der Waals surface area contributed by atoms with Crippen molar-refractivity contribution in [3.8, 4) is 0 Å². The SMILES string of the molecule is CNCc1cnn(Cc2cc(F)ccc2Br)c1C. The number of rotatable bonds is 4. The molecule has 2 rings (SSSR count). The summed E-state index contributed by atoms with van der Waals surface area (Å²) in [6.07, 6.45) is 1.85. The summed E-state index contributed by atoms with van der Waals surface area (Å²) in [4.78, 5) is 0. The normalized spacial score (nSPS) is 10.9. The molecule has 1 aromatic carbocycles. The molecule has 0 bridgehead atoms. The molecule has 1 aromatic heterocycles. The van der Waals surface area contributed by atoms with Crippen molar-refractivity contribution in [1.29, 1.82) is 0 Å². The van der Waals surface area contributed by atoms with Gasteiger partial charge >= 0.3 is 0 Å². The molecule has 0 aliphatic heterocycles. The minimum Gasteiger partial charge on any atom is -0.316 e. The lowest BCUT2D eigenvalue weighted by molar-refractivity contribution is 0.615. The highest BCUT2D eigenvalue weighted by Crippen LogP contribution is 2.20. The topological polar surface area (TPSA) is 29.9 Å². The van der Waals surface area contributed by atoms with Crippen LogP contribution in [-0.4, -0.2) is 16.8 Å². The van der Waals surface area contributed by atoms with Gasteiger partial charge in [-0.2, -0.15) is 5.10 Å². The summed E-state index contributed by atoms with van der Waals surface area (Å²) < 4.78 is 16.0. The molecule has 18 heavy (non-hydrogen) atoms. The molecule has 0 aliphatic carbocycles. The van der Waals surface area contributed by atoms with Crippen molar-refractivity contribution in [2.45, 2.75) is 20.0 Å². The van der Waals surface area contributed by atoms with Crippen LogP contribution in [0, 0.1) is 12.7 Å². The maximum atomic E-state index is 13.2. The Kier molecular flexibility index (Phi) is 4.14. The van der Waals surface area contributed by atoms with Gasteiger partial charge in [0.1, 0.15) is 5.82 Å². The number of hydrogen-bond acceptors (Lipinski definition) is 2. The lowest BCUT2D eigenvalue weighted by atomic mass is 10.2. The Labute approximate surface area is 114 Å². The van der Waals surface area contributed by atoms with E-state index < -0.39 is 0 Å². The summed E-state index contributed by atoms with van der Waals surface area (Å²) in [6, 6.07) is 4.69. The van der Waals surface area contributed by atoms with E-state index in [0.717, 1.165) is 27.8 Å². The summed E-state index contributed by atoms with van der Waals surface area (Å²) in [5.74, 6) is -0.228. The second-order valence-electron chi connectivity index (χ2n) is 4.18. The molecule has 0 radical (unpaired) electrons. The van der Waals surface area contributed by atoms with Gasteiger partial charge < -0.3 is 5.32 Å². The van der Waals surface area contributed by atoms with Gasteiger partial charge in [-0.1, -0.05) is 15.9 Å². The van der Waals surface area contributed by atoms with Crippen LogP contribution >= 0.6 is 15.9 Å². The molecule has 2 aromatic rings. The number of aromatic nitrogens is 2. The Bertz CT molecular complexity index is 551. The second kappa shape index (κ2) is 5.63. The van der Waals surface area contributed by atoms with E-state index in [1.807, 2.05) is 24.9 Å². The fourth-order valence-electron chi connectivity index (χ4n) is 1.83. The van der Waals surface area contributed by atoms with Gasteiger partial charge in [0, 0.05) is 22.3 Å². The van der Waals surface area contributed by atoms with Crippen molar-refractivity contribution in [2.75, 3.05) is 7.05 Å². The fraction of sp³-hybridized carbons (Fsp3) is 0.308. The summed E-state index contributed by atoms with van der Waals surface area (Å²) >= 11 is 3.43. The number of benzene rings is 1. The van der Waals surface area contributed by atoms with Crippen molar-refractivity contribution in [3.63, 3.8) is 0 Å². The van der Waals surface area contributed by atoms with Crippen molar-refractivity contribution >= 4 is 15.9 Å². The lowest BCUT2D eigenvalue weighted by Crippen LogP contribution is -2.08. The number of nitrogens with zero attached hydrogens (tertiary/aromatic N) is 2. The summed E-state index contributed by atoms with van der Waals surface area (Å²) in [5, 5.41) is 7.43. The molecular formula is C13H15BrFN3. The highest BCUT2D eigenvalue weighted by molar-refractivity contribution is 9.10. The molecule has 5 heteroatoms. The van der Waals surface area contributed by atoms with Crippen LogP contribution in [0.25, 0.3) is 0 Å². The average Bonchev–Trinajstić information content (AvgIpc) is 2.67. The maximum absolute atomic E-state index is 13.2. The van der Waals surface area contributed by atoms with Crippen LogP contribution in [0.1, 0.15) is 16.8 Å². The summed E-state index contributed by atoms with van der Waals surface area (Å²) in [6.45, 7) is 3.37. The average molecular weight is 312 g/mol. The Morgan fingerprint density at radius 3 is 2.89 bits per heavy atom. The molecule has 0 aliphatic rings. The molecule has 0 spiro atoms. The molecule has 0 fully saturated rings. The highest BCUT2D eigenvalue weighted by Gasteiger charge is 2.08. The van der Waals surface area contributed by atoms with Gasteiger partial charge in [0.25, 0.3) is 0 Å². The van der Waals surface area contributed by atoms with Gasteiger partial charge in [0.2, 0.25) is 0 Å². The second-order valence-corrected chi connectivity index (χ2v) is 5.03. The van der Waals surface area contributed by atoms with Crippen LogP contribution in [0.5, 0.6) is 0 Å². The zero-order valence-electron chi connectivity index (χ0n) is 10.4. The van der Waals surface area contributed by atoms with E-state index in [1.54, 1.807) is 6.07 Å². The van der Waals surface area contributed by atoms with Crippen molar-refractivity contribution in [1.82, 2.24) is 15.1 Å². The molecule has 1 N–H and O–H groups in total. The maximum Gasteiger partial charge on any atom is 0.123 e. The largest absolute Gasteiger partial charge is 0.316 e. The van der Waals surface area contributed by atoms with Crippen LogP contribution in [-0.2, 0) is 13.1 Å². The van der Waals surface area contributed by atoms with Crippen LogP contribution in [0.4, 0.5) is 4.39 Å². The van der Waals surface area contributed by atoms with Crippen molar-refractivity contribution in [2.24, 2.45) is 0 Å². The first-order chi connectivity index (χ1) is 8.61. The monoisotopic (exact) mass is 311 g/mol. The predicted molar refractivity (Wildman–Crippen MR) is 72.9 cm³/mol. The first kappa shape index (κ1) is 13.2. The van der Waals surface area contributed by atoms with Crippen molar-refractivity contribution in [3.05, 3.63) is 51.5 Å². The number of halogens is 2. The molecule has 0 unspecified atom stereocenters. The Balaban J connectivity index is 2.26. The first-order valence-corrected chi connectivity index (χ1v) is 6.51. The van der Waals surface area contributed by atoms with Crippen LogP contribution in [0.15, 0.2) is 28.9 Å².